The molecule has 0 aromatic heterocycles. The predicted octanol–water partition coefficient (Wildman–Crippen LogP) is 11.6. The van der Waals surface area contributed by atoms with Crippen LogP contribution in [0.5, 0.6) is 0 Å². The number of allylic oxidation sites excluding steroid dienone is 1. The normalized spacial score (nSPS) is 34.9. The average molecular weight is 557 g/mol. The fourth-order valence-corrected chi connectivity index (χ4v) is 9.87. The summed E-state index contributed by atoms with van der Waals surface area (Å²) in [5, 5.41) is 0. The average Bonchev–Trinajstić information content (AvgIpc) is 3.28. The van der Waals surface area contributed by atoms with Crippen LogP contribution in [0.3, 0.4) is 0 Å². The molecule has 3 nitrogen and oxygen atoms in total. The van der Waals surface area contributed by atoms with Crippen LogP contribution in [-0.2, 0) is 9.47 Å². The van der Waals surface area contributed by atoms with Gasteiger partial charge in [-0.05, 0) is 92.3 Å². The highest BCUT2D eigenvalue weighted by Gasteiger charge is 2.58. The molecule has 0 spiro atoms. The third kappa shape index (κ3) is 7.69. The molecule has 4 aliphatic rings. The molecular formula is C37H64O3. The molecule has 0 aliphatic heterocycles. The second-order valence-corrected chi connectivity index (χ2v) is 14.8. The molecule has 3 fully saturated rings. The first-order valence-electron chi connectivity index (χ1n) is 17.9. The molecule has 0 radical (unpaired) electrons. The van der Waals surface area contributed by atoms with Crippen molar-refractivity contribution < 1.29 is 14.3 Å². The van der Waals surface area contributed by atoms with Crippen molar-refractivity contribution >= 4 is 6.16 Å². The second kappa shape index (κ2) is 15.5. The zero-order valence-corrected chi connectivity index (χ0v) is 27.0. The predicted molar refractivity (Wildman–Crippen MR) is 167 cm³/mol. The molecule has 0 amide bonds. The highest BCUT2D eigenvalue weighted by Crippen LogP contribution is 2.66. The number of ether oxygens (including phenoxy) is 2. The number of hydrogen-bond donors (Lipinski definition) is 0. The lowest BCUT2D eigenvalue weighted by molar-refractivity contribution is -0.0563. The Labute approximate surface area is 248 Å². The number of fused-ring (bicyclic) bond motifs is 5. The number of hydrogen-bond acceptors (Lipinski definition) is 3. The van der Waals surface area contributed by atoms with Gasteiger partial charge in [0.2, 0.25) is 0 Å². The summed E-state index contributed by atoms with van der Waals surface area (Å²) in [6, 6.07) is 0. The van der Waals surface area contributed by atoms with E-state index >= 15 is 0 Å². The SMILES string of the molecule is CCCCCCCCCOC(=O)O[C@H]1CC[C@@]2(C)C(=CC[C@H]3[C@H]4CC[C@@H](CCCCCCCC)[C@@]4(C)CC[C@H]32)C1. The summed E-state index contributed by atoms with van der Waals surface area (Å²) in [7, 11) is 0. The number of unbranched alkanes of at least 4 members (excludes halogenated alkanes) is 11. The Balaban J connectivity index is 1.22. The van der Waals surface area contributed by atoms with Gasteiger partial charge in [-0.25, -0.2) is 4.79 Å². The van der Waals surface area contributed by atoms with Crippen LogP contribution in [0.1, 0.15) is 169 Å². The van der Waals surface area contributed by atoms with E-state index in [2.05, 4.69) is 33.8 Å². The van der Waals surface area contributed by atoms with E-state index in [1.54, 1.807) is 5.57 Å². The third-order valence-electron chi connectivity index (χ3n) is 12.4. The van der Waals surface area contributed by atoms with Crippen LogP contribution in [0.4, 0.5) is 4.79 Å². The summed E-state index contributed by atoms with van der Waals surface area (Å²) in [5.41, 5.74) is 2.48. The molecule has 0 heterocycles. The van der Waals surface area contributed by atoms with Crippen molar-refractivity contribution in [1.82, 2.24) is 0 Å². The topological polar surface area (TPSA) is 35.5 Å². The molecule has 0 saturated heterocycles. The largest absolute Gasteiger partial charge is 0.508 e. The molecule has 0 N–H and O–H groups in total. The van der Waals surface area contributed by atoms with Gasteiger partial charge in [-0.15, -0.1) is 0 Å². The zero-order valence-electron chi connectivity index (χ0n) is 27.0. The minimum absolute atomic E-state index is 0.000498. The summed E-state index contributed by atoms with van der Waals surface area (Å²) >= 11 is 0. The van der Waals surface area contributed by atoms with Crippen LogP contribution < -0.4 is 0 Å². The summed E-state index contributed by atoms with van der Waals surface area (Å²) in [4.78, 5) is 12.4. The number of rotatable bonds is 16. The van der Waals surface area contributed by atoms with Crippen LogP contribution in [0.2, 0.25) is 0 Å². The maximum absolute atomic E-state index is 12.4. The van der Waals surface area contributed by atoms with Crippen molar-refractivity contribution in [3.05, 3.63) is 11.6 Å². The second-order valence-electron chi connectivity index (χ2n) is 14.8. The Morgan fingerprint density at radius 2 is 1.48 bits per heavy atom. The Morgan fingerprint density at radius 3 is 2.20 bits per heavy atom. The van der Waals surface area contributed by atoms with E-state index < -0.39 is 6.16 Å². The Bertz CT molecular complexity index is 803. The smallest absolute Gasteiger partial charge is 0.434 e. The van der Waals surface area contributed by atoms with Gasteiger partial charge in [0.05, 0.1) is 6.61 Å². The van der Waals surface area contributed by atoms with E-state index in [0.717, 1.165) is 49.4 Å². The molecule has 3 saturated carbocycles. The van der Waals surface area contributed by atoms with Gasteiger partial charge < -0.3 is 9.47 Å². The van der Waals surface area contributed by atoms with Crippen LogP contribution >= 0.6 is 0 Å². The van der Waals surface area contributed by atoms with Crippen LogP contribution in [0, 0.1) is 34.5 Å². The van der Waals surface area contributed by atoms with Crippen molar-refractivity contribution in [3.63, 3.8) is 0 Å². The van der Waals surface area contributed by atoms with Crippen molar-refractivity contribution in [2.75, 3.05) is 6.61 Å². The quantitative estimate of drug-likeness (QED) is 0.108. The first-order valence-corrected chi connectivity index (χ1v) is 17.9. The van der Waals surface area contributed by atoms with Crippen molar-refractivity contribution in [2.24, 2.45) is 34.5 Å². The fourth-order valence-electron chi connectivity index (χ4n) is 9.87. The maximum atomic E-state index is 12.4. The van der Waals surface area contributed by atoms with Gasteiger partial charge in [-0.1, -0.05) is 116 Å². The first kappa shape index (κ1) is 31.9. The molecule has 4 rings (SSSR count). The molecule has 0 unspecified atom stereocenters. The highest BCUT2D eigenvalue weighted by molar-refractivity contribution is 5.60. The Kier molecular flexibility index (Phi) is 12.4. The van der Waals surface area contributed by atoms with E-state index in [9.17, 15) is 4.79 Å². The van der Waals surface area contributed by atoms with Crippen LogP contribution in [-0.4, -0.2) is 18.9 Å². The third-order valence-corrected chi connectivity index (χ3v) is 12.4. The summed E-state index contributed by atoms with van der Waals surface area (Å²) in [5.74, 6) is 3.57. The van der Waals surface area contributed by atoms with Crippen molar-refractivity contribution in [2.45, 2.75) is 175 Å². The molecule has 0 aromatic rings. The van der Waals surface area contributed by atoms with E-state index in [1.807, 2.05) is 0 Å². The molecule has 40 heavy (non-hydrogen) atoms. The molecule has 0 aromatic carbocycles. The molecular weight excluding hydrogens is 492 g/mol. The Hall–Kier alpha value is -0.990. The Morgan fingerprint density at radius 1 is 0.800 bits per heavy atom. The van der Waals surface area contributed by atoms with Gasteiger partial charge in [-0.3, -0.25) is 0 Å². The molecule has 230 valence electrons. The molecule has 0 bridgehead atoms. The van der Waals surface area contributed by atoms with E-state index in [-0.39, 0.29) is 6.10 Å². The number of carbonyl (C=O) groups is 1. The lowest BCUT2D eigenvalue weighted by Gasteiger charge is -2.58. The summed E-state index contributed by atoms with van der Waals surface area (Å²) in [6.07, 6.45) is 30.9. The zero-order chi connectivity index (χ0) is 28.4. The van der Waals surface area contributed by atoms with Gasteiger partial charge in [0.25, 0.3) is 0 Å². The van der Waals surface area contributed by atoms with Gasteiger partial charge in [0, 0.05) is 6.42 Å². The standard InChI is InChI=1S/C37H64O3/c1-5-7-9-11-13-15-17-27-39-35(38)40-31-23-25-37(4)30(28-31)19-21-32-33-22-20-29(18-16-14-12-10-8-6-2)36(33,3)26-24-34(32)37/h19,29,31-34H,5-18,20-28H2,1-4H3/t29-,31+,32+,33-,34-,36-,37+/m1/s1. The van der Waals surface area contributed by atoms with E-state index in [1.165, 1.54) is 116 Å². The minimum atomic E-state index is -0.440. The van der Waals surface area contributed by atoms with E-state index in [0.29, 0.717) is 17.4 Å². The van der Waals surface area contributed by atoms with Gasteiger partial charge in [-0.2, -0.15) is 0 Å². The minimum Gasteiger partial charge on any atom is -0.434 e. The molecule has 3 heteroatoms. The highest BCUT2D eigenvalue weighted by atomic mass is 16.7. The van der Waals surface area contributed by atoms with Gasteiger partial charge in [0.1, 0.15) is 6.10 Å². The van der Waals surface area contributed by atoms with Gasteiger partial charge in [0.15, 0.2) is 0 Å². The monoisotopic (exact) mass is 556 g/mol. The van der Waals surface area contributed by atoms with Crippen LogP contribution in [0.15, 0.2) is 11.6 Å². The van der Waals surface area contributed by atoms with Crippen molar-refractivity contribution in [1.29, 1.82) is 0 Å². The van der Waals surface area contributed by atoms with E-state index in [4.69, 9.17) is 9.47 Å². The lowest BCUT2D eigenvalue weighted by atomic mass is 9.47. The first-order chi connectivity index (χ1) is 19.4. The van der Waals surface area contributed by atoms with Crippen LogP contribution in [0.25, 0.3) is 0 Å². The fraction of sp³-hybridized carbons (Fsp3) is 0.919. The summed E-state index contributed by atoms with van der Waals surface area (Å²) < 4.78 is 11.3. The van der Waals surface area contributed by atoms with Crippen molar-refractivity contribution in [3.8, 4) is 0 Å². The van der Waals surface area contributed by atoms with Gasteiger partial charge >= 0.3 is 6.16 Å². The maximum Gasteiger partial charge on any atom is 0.508 e. The summed E-state index contributed by atoms with van der Waals surface area (Å²) in [6.45, 7) is 10.3. The number of carbonyl (C=O) groups excluding carboxylic acids is 1. The lowest BCUT2D eigenvalue weighted by Crippen LogP contribution is -2.50. The molecule has 7 atom stereocenters. The molecule has 4 aliphatic carbocycles.